The van der Waals surface area contributed by atoms with Crippen LogP contribution in [0.1, 0.15) is 38.3 Å². The summed E-state index contributed by atoms with van der Waals surface area (Å²) in [5.74, 6) is -0.270. The standard InChI is InChI=1S/C16H23NO3/c1-16(2)10-9-13(20-16)11-17-14(15(18)19-3)12-7-5-4-6-8-12/h4-8,13-14,17H,9-11H2,1-3H3. The molecule has 1 heterocycles. The predicted octanol–water partition coefficient (Wildman–Crippen LogP) is 2.45. The van der Waals surface area contributed by atoms with E-state index >= 15 is 0 Å². The molecule has 4 heteroatoms. The number of carbonyl (C=O) groups is 1. The monoisotopic (exact) mass is 277 g/mol. The van der Waals surface area contributed by atoms with Crippen molar-refractivity contribution in [3.05, 3.63) is 35.9 Å². The molecule has 1 fully saturated rings. The quantitative estimate of drug-likeness (QED) is 0.840. The molecule has 1 N–H and O–H groups in total. The first-order chi connectivity index (χ1) is 9.52. The van der Waals surface area contributed by atoms with Crippen molar-refractivity contribution in [2.45, 2.75) is 44.4 Å². The van der Waals surface area contributed by atoms with Crippen molar-refractivity contribution in [2.24, 2.45) is 0 Å². The number of hydrogen-bond acceptors (Lipinski definition) is 4. The van der Waals surface area contributed by atoms with Crippen LogP contribution in [0, 0.1) is 0 Å². The van der Waals surface area contributed by atoms with Crippen LogP contribution in [0.5, 0.6) is 0 Å². The van der Waals surface area contributed by atoms with Crippen molar-refractivity contribution in [3.63, 3.8) is 0 Å². The van der Waals surface area contributed by atoms with Crippen LogP contribution in [-0.4, -0.2) is 31.3 Å². The van der Waals surface area contributed by atoms with Crippen molar-refractivity contribution in [2.75, 3.05) is 13.7 Å². The second kappa shape index (κ2) is 6.37. The van der Waals surface area contributed by atoms with Crippen LogP contribution < -0.4 is 5.32 Å². The summed E-state index contributed by atoms with van der Waals surface area (Å²) in [5.41, 5.74) is 0.858. The fourth-order valence-electron chi connectivity index (χ4n) is 2.57. The maximum atomic E-state index is 11.9. The molecule has 0 spiro atoms. The molecule has 1 aromatic carbocycles. The molecule has 1 aliphatic rings. The number of ether oxygens (including phenoxy) is 2. The van der Waals surface area contributed by atoms with E-state index < -0.39 is 6.04 Å². The van der Waals surface area contributed by atoms with Gasteiger partial charge >= 0.3 is 5.97 Å². The number of benzene rings is 1. The Bertz CT molecular complexity index is 444. The van der Waals surface area contributed by atoms with E-state index in [2.05, 4.69) is 19.2 Å². The molecule has 1 aliphatic heterocycles. The van der Waals surface area contributed by atoms with Gasteiger partial charge in [-0.3, -0.25) is 5.32 Å². The van der Waals surface area contributed by atoms with E-state index in [0.717, 1.165) is 18.4 Å². The fourth-order valence-corrected chi connectivity index (χ4v) is 2.57. The number of methoxy groups -OCH3 is 1. The van der Waals surface area contributed by atoms with E-state index in [9.17, 15) is 4.79 Å². The molecule has 1 saturated heterocycles. The first-order valence-corrected chi connectivity index (χ1v) is 7.06. The summed E-state index contributed by atoms with van der Waals surface area (Å²) in [6.07, 6.45) is 2.22. The van der Waals surface area contributed by atoms with Crippen LogP contribution in [0.15, 0.2) is 30.3 Å². The van der Waals surface area contributed by atoms with Crippen molar-refractivity contribution in [3.8, 4) is 0 Å². The average molecular weight is 277 g/mol. The van der Waals surface area contributed by atoms with Crippen LogP contribution in [0.3, 0.4) is 0 Å². The molecular weight excluding hydrogens is 254 g/mol. The van der Waals surface area contributed by atoms with Gasteiger partial charge < -0.3 is 9.47 Å². The van der Waals surface area contributed by atoms with Gasteiger partial charge in [-0.05, 0) is 32.3 Å². The maximum absolute atomic E-state index is 11.9. The predicted molar refractivity (Wildman–Crippen MR) is 77.4 cm³/mol. The number of carbonyl (C=O) groups excluding carboxylic acids is 1. The Morgan fingerprint density at radius 3 is 2.70 bits per heavy atom. The Kier molecular flexibility index (Phi) is 4.78. The van der Waals surface area contributed by atoms with Crippen molar-refractivity contribution in [1.29, 1.82) is 0 Å². The number of rotatable bonds is 5. The highest BCUT2D eigenvalue weighted by Gasteiger charge is 2.32. The lowest BCUT2D eigenvalue weighted by Crippen LogP contribution is -2.36. The zero-order valence-electron chi connectivity index (χ0n) is 12.4. The van der Waals surface area contributed by atoms with Gasteiger partial charge in [-0.2, -0.15) is 0 Å². The van der Waals surface area contributed by atoms with Crippen LogP contribution >= 0.6 is 0 Å². The minimum atomic E-state index is -0.437. The Labute approximate surface area is 120 Å². The highest BCUT2D eigenvalue weighted by Crippen LogP contribution is 2.29. The molecule has 20 heavy (non-hydrogen) atoms. The molecule has 110 valence electrons. The van der Waals surface area contributed by atoms with E-state index in [0.29, 0.717) is 6.54 Å². The van der Waals surface area contributed by atoms with Crippen LogP contribution in [0.4, 0.5) is 0 Å². The van der Waals surface area contributed by atoms with Gasteiger partial charge in [-0.15, -0.1) is 0 Å². The fraction of sp³-hybridized carbons (Fsp3) is 0.562. The van der Waals surface area contributed by atoms with Crippen molar-refractivity contribution < 1.29 is 14.3 Å². The maximum Gasteiger partial charge on any atom is 0.327 e. The minimum absolute atomic E-state index is 0.0557. The zero-order valence-corrected chi connectivity index (χ0v) is 12.4. The van der Waals surface area contributed by atoms with Gasteiger partial charge in [0.25, 0.3) is 0 Å². The molecule has 2 rings (SSSR count). The minimum Gasteiger partial charge on any atom is -0.468 e. The summed E-state index contributed by atoms with van der Waals surface area (Å²) >= 11 is 0. The second-order valence-electron chi connectivity index (χ2n) is 5.81. The third-order valence-electron chi connectivity index (χ3n) is 3.67. The first kappa shape index (κ1) is 15.0. The zero-order chi connectivity index (χ0) is 14.6. The summed E-state index contributed by atoms with van der Waals surface area (Å²) < 4.78 is 10.8. The van der Waals surface area contributed by atoms with E-state index in [1.165, 1.54) is 7.11 Å². The molecule has 1 aromatic rings. The number of nitrogens with one attached hydrogen (secondary N) is 1. The topological polar surface area (TPSA) is 47.6 Å². The summed E-state index contributed by atoms with van der Waals surface area (Å²) in [4.78, 5) is 11.9. The molecule has 2 unspecified atom stereocenters. The molecule has 0 aliphatic carbocycles. The molecular formula is C16H23NO3. The van der Waals surface area contributed by atoms with E-state index in [1.807, 2.05) is 30.3 Å². The van der Waals surface area contributed by atoms with Gasteiger partial charge in [0.2, 0.25) is 0 Å². The first-order valence-electron chi connectivity index (χ1n) is 7.06. The normalized spacial score (nSPS) is 22.4. The van der Waals surface area contributed by atoms with Gasteiger partial charge in [-0.1, -0.05) is 30.3 Å². The Morgan fingerprint density at radius 2 is 2.15 bits per heavy atom. The lowest BCUT2D eigenvalue weighted by atomic mass is 10.0. The molecule has 0 aromatic heterocycles. The third-order valence-corrected chi connectivity index (χ3v) is 3.67. The molecule has 0 amide bonds. The smallest absolute Gasteiger partial charge is 0.327 e. The van der Waals surface area contributed by atoms with Crippen molar-refractivity contribution >= 4 is 5.97 Å². The van der Waals surface area contributed by atoms with E-state index in [1.54, 1.807) is 0 Å². The molecule has 0 saturated carbocycles. The highest BCUT2D eigenvalue weighted by molar-refractivity contribution is 5.77. The molecule has 4 nitrogen and oxygen atoms in total. The van der Waals surface area contributed by atoms with Gasteiger partial charge in [0, 0.05) is 6.54 Å². The summed E-state index contributed by atoms with van der Waals surface area (Å²) in [7, 11) is 1.41. The third kappa shape index (κ3) is 3.81. The Morgan fingerprint density at radius 1 is 1.45 bits per heavy atom. The Hall–Kier alpha value is -1.39. The lowest BCUT2D eigenvalue weighted by molar-refractivity contribution is -0.143. The van der Waals surface area contributed by atoms with Gasteiger partial charge in [0.1, 0.15) is 6.04 Å². The van der Waals surface area contributed by atoms with Gasteiger partial charge in [0.05, 0.1) is 18.8 Å². The summed E-state index contributed by atoms with van der Waals surface area (Å²) in [6, 6.07) is 9.18. The Balaban J connectivity index is 1.97. The summed E-state index contributed by atoms with van der Waals surface area (Å²) in [6.45, 7) is 4.85. The van der Waals surface area contributed by atoms with Crippen LogP contribution in [0.2, 0.25) is 0 Å². The highest BCUT2D eigenvalue weighted by atomic mass is 16.5. The van der Waals surface area contributed by atoms with Crippen LogP contribution in [-0.2, 0) is 14.3 Å². The van der Waals surface area contributed by atoms with Crippen LogP contribution in [0.25, 0.3) is 0 Å². The van der Waals surface area contributed by atoms with Gasteiger partial charge in [-0.25, -0.2) is 4.79 Å². The van der Waals surface area contributed by atoms with E-state index in [-0.39, 0.29) is 17.7 Å². The molecule has 0 bridgehead atoms. The SMILES string of the molecule is COC(=O)C(NCC1CCC(C)(C)O1)c1ccccc1. The lowest BCUT2D eigenvalue weighted by Gasteiger charge is -2.22. The summed E-state index contributed by atoms with van der Waals surface area (Å²) in [5, 5.41) is 3.27. The molecule has 0 radical (unpaired) electrons. The largest absolute Gasteiger partial charge is 0.468 e. The van der Waals surface area contributed by atoms with Gasteiger partial charge in [0.15, 0.2) is 0 Å². The molecule has 2 atom stereocenters. The van der Waals surface area contributed by atoms with E-state index in [4.69, 9.17) is 9.47 Å². The van der Waals surface area contributed by atoms with Crippen molar-refractivity contribution in [1.82, 2.24) is 5.32 Å². The second-order valence-corrected chi connectivity index (χ2v) is 5.81. The average Bonchev–Trinajstić information content (AvgIpc) is 2.79. The number of hydrogen-bond donors (Lipinski definition) is 1. The number of esters is 1.